The van der Waals surface area contributed by atoms with Gasteiger partial charge in [0, 0.05) is 24.9 Å². The third-order valence-corrected chi connectivity index (χ3v) is 6.78. The number of hydrogen-bond donors (Lipinski definition) is 1. The van der Waals surface area contributed by atoms with E-state index in [9.17, 15) is 14.0 Å². The van der Waals surface area contributed by atoms with E-state index in [0.29, 0.717) is 23.2 Å². The molecule has 0 aliphatic heterocycles. The van der Waals surface area contributed by atoms with Crippen LogP contribution in [0.15, 0.2) is 54.0 Å². The number of halogens is 1. The van der Waals surface area contributed by atoms with E-state index in [1.807, 2.05) is 38.1 Å². The second kappa shape index (κ2) is 7.79. The summed E-state index contributed by atoms with van der Waals surface area (Å²) in [4.78, 5) is 38.7. The molecule has 2 aliphatic rings. The first-order valence-corrected chi connectivity index (χ1v) is 11.7. The Labute approximate surface area is 200 Å². The van der Waals surface area contributed by atoms with Crippen molar-refractivity contribution >= 4 is 16.9 Å². The molecule has 0 bridgehead atoms. The standard InChI is InChI=1S/C25H24FN7O2/c1-14(2)33-22-16(11-29-33)10-28-21(30-22)23(34)31-25(7-8-25)17-5-3-15(4-6-17)18-12-27-13-32(24(18)35)20-9-19(20)26/h3-6,10-14,19-20H,7-9H2,1-2H3,(H,31,34)/t19-,20+/m0/s1. The van der Waals surface area contributed by atoms with Gasteiger partial charge in [-0.1, -0.05) is 24.3 Å². The van der Waals surface area contributed by atoms with Gasteiger partial charge in [-0.05, 0) is 37.8 Å². The number of alkyl halides is 1. The molecule has 0 saturated heterocycles. The molecule has 10 heteroatoms. The first kappa shape index (κ1) is 21.6. The Balaban J connectivity index is 1.24. The van der Waals surface area contributed by atoms with Crippen molar-refractivity contribution in [1.29, 1.82) is 0 Å². The van der Waals surface area contributed by atoms with Crippen LogP contribution >= 0.6 is 0 Å². The van der Waals surface area contributed by atoms with Crippen molar-refractivity contribution < 1.29 is 9.18 Å². The van der Waals surface area contributed by atoms with E-state index < -0.39 is 17.8 Å². The maximum absolute atomic E-state index is 13.5. The minimum atomic E-state index is -0.985. The molecule has 2 atom stereocenters. The lowest BCUT2D eigenvalue weighted by Crippen LogP contribution is -2.36. The Bertz CT molecular complexity index is 1500. The summed E-state index contributed by atoms with van der Waals surface area (Å²) in [5.41, 5.74) is 1.96. The number of hydrogen-bond acceptors (Lipinski definition) is 6. The fourth-order valence-electron chi connectivity index (χ4n) is 4.48. The predicted octanol–water partition coefficient (Wildman–Crippen LogP) is 3.33. The van der Waals surface area contributed by atoms with Crippen LogP contribution in [0.3, 0.4) is 0 Å². The molecule has 1 amide bonds. The molecular weight excluding hydrogens is 449 g/mol. The van der Waals surface area contributed by atoms with E-state index in [1.54, 1.807) is 17.1 Å². The first-order chi connectivity index (χ1) is 16.9. The van der Waals surface area contributed by atoms with Gasteiger partial charge in [0.25, 0.3) is 11.5 Å². The lowest BCUT2D eigenvalue weighted by molar-refractivity contribution is 0.0920. The van der Waals surface area contributed by atoms with Crippen LogP contribution in [-0.4, -0.2) is 41.4 Å². The van der Waals surface area contributed by atoms with Crippen LogP contribution in [0.5, 0.6) is 0 Å². The molecule has 1 aromatic carbocycles. The van der Waals surface area contributed by atoms with Gasteiger partial charge in [-0.2, -0.15) is 5.10 Å². The molecule has 3 aromatic heterocycles. The van der Waals surface area contributed by atoms with Gasteiger partial charge in [0.05, 0.1) is 35.1 Å². The quantitative estimate of drug-likeness (QED) is 0.460. The highest BCUT2D eigenvalue weighted by atomic mass is 19.1. The zero-order valence-corrected chi connectivity index (χ0v) is 19.3. The van der Waals surface area contributed by atoms with E-state index in [-0.39, 0.29) is 23.3 Å². The zero-order chi connectivity index (χ0) is 24.3. The van der Waals surface area contributed by atoms with E-state index in [1.165, 1.54) is 17.1 Å². The number of benzene rings is 1. The number of nitrogens with one attached hydrogen (secondary N) is 1. The number of fused-ring (bicyclic) bond motifs is 1. The average Bonchev–Trinajstić information content (AvgIpc) is 3.75. The monoisotopic (exact) mass is 473 g/mol. The summed E-state index contributed by atoms with van der Waals surface area (Å²) >= 11 is 0. The van der Waals surface area contributed by atoms with Gasteiger partial charge in [-0.15, -0.1) is 0 Å². The van der Waals surface area contributed by atoms with Crippen molar-refractivity contribution in [1.82, 2.24) is 34.6 Å². The number of nitrogens with zero attached hydrogens (tertiary/aromatic N) is 6. The van der Waals surface area contributed by atoms with Gasteiger partial charge in [-0.25, -0.2) is 24.0 Å². The summed E-state index contributed by atoms with van der Waals surface area (Å²) in [7, 11) is 0. The molecule has 2 fully saturated rings. The Morgan fingerprint density at radius 1 is 1.17 bits per heavy atom. The third kappa shape index (κ3) is 3.69. The number of carbonyl (C=O) groups excluding carboxylic acids is 1. The third-order valence-electron chi connectivity index (χ3n) is 6.78. The van der Waals surface area contributed by atoms with Gasteiger partial charge in [0.1, 0.15) is 6.17 Å². The summed E-state index contributed by atoms with van der Waals surface area (Å²) in [6.45, 7) is 4.00. The maximum Gasteiger partial charge on any atom is 0.289 e. The van der Waals surface area contributed by atoms with Crippen LogP contribution < -0.4 is 10.9 Å². The van der Waals surface area contributed by atoms with Crippen molar-refractivity contribution in [2.24, 2.45) is 0 Å². The van der Waals surface area contributed by atoms with Gasteiger partial charge in [0.15, 0.2) is 5.65 Å². The van der Waals surface area contributed by atoms with Crippen molar-refractivity contribution in [3.63, 3.8) is 0 Å². The molecular formula is C25H24FN7O2. The summed E-state index contributed by atoms with van der Waals surface area (Å²) in [6, 6.07) is 7.19. The maximum atomic E-state index is 13.5. The molecule has 35 heavy (non-hydrogen) atoms. The van der Waals surface area contributed by atoms with E-state index in [2.05, 4.69) is 25.4 Å². The Hall–Kier alpha value is -3.95. The van der Waals surface area contributed by atoms with Crippen molar-refractivity contribution in [2.75, 3.05) is 0 Å². The summed E-state index contributed by atoms with van der Waals surface area (Å²) < 4.78 is 16.6. The highest BCUT2D eigenvalue weighted by Crippen LogP contribution is 2.46. The highest BCUT2D eigenvalue weighted by Gasteiger charge is 2.46. The van der Waals surface area contributed by atoms with Gasteiger partial charge in [-0.3, -0.25) is 14.2 Å². The molecule has 0 spiro atoms. The molecule has 178 valence electrons. The largest absolute Gasteiger partial charge is 0.340 e. The van der Waals surface area contributed by atoms with Crippen molar-refractivity contribution in [3.8, 4) is 11.1 Å². The molecule has 3 heterocycles. The Morgan fingerprint density at radius 3 is 2.57 bits per heavy atom. The molecule has 9 nitrogen and oxygen atoms in total. The SMILES string of the molecule is CC(C)n1ncc2cnc(C(=O)NC3(c4ccc(-c5cncn([C@@H]6C[C@@H]6F)c5=O)cc4)CC3)nc21. The van der Waals surface area contributed by atoms with Gasteiger partial charge in [0.2, 0.25) is 5.82 Å². The summed E-state index contributed by atoms with van der Waals surface area (Å²) in [5, 5.41) is 8.21. The number of rotatable bonds is 6. The van der Waals surface area contributed by atoms with Gasteiger partial charge >= 0.3 is 0 Å². The molecule has 1 N–H and O–H groups in total. The smallest absolute Gasteiger partial charge is 0.289 e. The van der Waals surface area contributed by atoms with Crippen LogP contribution in [0.2, 0.25) is 0 Å². The van der Waals surface area contributed by atoms with Crippen LogP contribution in [0.4, 0.5) is 4.39 Å². The van der Waals surface area contributed by atoms with E-state index in [4.69, 9.17) is 0 Å². The molecule has 0 radical (unpaired) electrons. The molecule has 2 aliphatic carbocycles. The molecule has 2 saturated carbocycles. The van der Waals surface area contributed by atoms with Gasteiger partial charge < -0.3 is 5.32 Å². The predicted molar refractivity (Wildman–Crippen MR) is 127 cm³/mol. The minimum absolute atomic E-state index is 0.102. The van der Waals surface area contributed by atoms with E-state index in [0.717, 1.165) is 23.8 Å². The average molecular weight is 474 g/mol. The van der Waals surface area contributed by atoms with Crippen LogP contribution in [0, 0.1) is 0 Å². The van der Waals surface area contributed by atoms with E-state index >= 15 is 0 Å². The Morgan fingerprint density at radius 2 is 1.91 bits per heavy atom. The lowest BCUT2D eigenvalue weighted by Gasteiger charge is -2.18. The fraction of sp³-hybridized carbons (Fsp3) is 0.360. The molecule has 0 unspecified atom stereocenters. The van der Waals surface area contributed by atoms with Crippen molar-refractivity contribution in [3.05, 3.63) is 70.9 Å². The zero-order valence-electron chi connectivity index (χ0n) is 19.3. The summed E-state index contributed by atoms with van der Waals surface area (Å²) in [6.07, 6.45) is 7.17. The van der Waals surface area contributed by atoms with Crippen molar-refractivity contribution in [2.45, 2.75) is 56.9 Å². The first-order valence-electron chi connectivity index (χ1n) is 11.7. The number of aromatic nitrogens is 6. The molecule has 4 aromatic rings. The minimum Gasteiger partial charge on any atom is -0.340 e. The normalized spacial score (nSPS) is 20.2. The molecule has 6 rings (SSSR count). The Kier molecular flexibility index (Phi) is 4.80. The number of amides is 1. The second-order valence-corrected chi connectivity index (χ2v) is 9.61. The summed E-state index contributed by atoms with van der Waals surface area (Å²) in [5.74, 6) is -0.240. The fourth-order valence-corrected chi connectivity index (χ4v) is 4.48. The highest BCUT2D eigenvalue weighted by molar-refractivity contribution is 5.93. The second-order valence-electron chi connectivity index (χ2n) is 9.61. The van der Waals surface area contributed by atoms with Crippen LogP contribution in [-0.2, 0) is 5.54 Å². The number of carbonyl (C=O) groups is 1. The van der Waals surface area contributed by atoms with Crippen LogP contribution in [0.1, 0.15) is 61.4 Å². The topological polar surface area (TPSA) is 108 Å². The van der Waals surface area contributed by atoms with Crippen LogP contribution in [0.25, 0.3) is 22.2 Å². The lowest BCUT2D eigenvalue weighted by atomic mass is 10.0.